The summed E-state index contributed by atoms with van der Waals surface area (Å²) in [5, 5.41) is 3.37. The van der Waals surface area contributed by atoms with Gasteiger partial charge < -0.3 is 11.1 Å². The fourth-order valence-electron chi connectivity index (χ4n) is 2.42. The predicted molar refractivity (Wildman–Crippen MR) is 71.6 cm³/mol. The molecule has 0 radical (unpaired) electrons. The summed E-state index contributed by atoms with van der Waals surface area (Å²) in [6.45, 7) is 4.02. The number of hydrogen-bond donors (Lipinski definition) is 2. The van der Waals surface area contributed by atoms with Crippen LogP contribution in [0, 0.1) is 0 Å². The van der Waals surface area contributed by atoms with Crippen molar-refractivity contribution in [2.45, 2.75) is 31.7 Å². The van der Waals surface area contributed by atoms with E-state index >= 15 is 0 Å². The van der Waals surface area contributed by atoms with E-state index in [0.717, 1.165) is 32.4 Å². The van der Waals surface area contributed by atoms with E-state index in [1.165, 1.54) is 15.6 Å². The van der Waals surface area contributed by atoms with Gasteiger partial charge in [-0.3, -0.25) is 0 Å². The van der Waals surface area contributed by atoms with Crippen LogP contribution in [0.3, 0.4) is 0 Å². The third-order valence-electron chi connectivity index (χ3n) is 3.36. The number of benzene rings is 1. The third kappa shape index (κ3) is 2.47. The molecule has 88 valence electrons. The monoisotopic (exact) mass is 282 g/mol. The second-order valence-corrected chi connectivity index (χ2v) is 5.55. The van der Waals surface area contributed by atoms with Crippen molar-refractivity contribution in [1.29, 1.82) is 0 Å². The fourth-order valence-corrected chi connectivity index (χ4v) is 3.02. The molecule has 0 fully saturated rings. The zero-order valence-electron chi connectivity index (χ0n) is 9.72. The van der Waals surface area contributed by atoms with Crippen LogP contribution in [-0.2, 0) is 12.8 Å². The van der Waals surface area contributed by atoms with Crippen molar-refractivity contribution in [2.75, 3.05) is 13.1 Å². The zero-order chi connectivity index (χ0) is 11.6. The number of likely N-dealkylation sites (N-methyl/N-ethyl adjacent to an activating group) is 1. The molecule has 1 aromatic rings. The van der Waals surface area contributed by atoms with E-state index in [0.29, 0.717) is 0 Å². The summed E-state index contributed by atoms with van der Waals surface area (Å²) in [7, 11) is 0. The van der Waals surface area contributed by atoms with E-state index in [9.17, 15) is 0 Å². The van der Waals surface area contributed by atoms with E-state index in [1.54, 1.807) is 0 Å². The summed E-state index contributed by atoms with van der Waals surface area (Å²) in [5.41, 5.74) is 9.21. The van der Waals surface area contributed by atoms with Crippen LogP contribution in [0.25, 0.3) is 0 Å². The fraction of sp³-hybridized carbons (Fsp3) is 0.538. The number of hydrogen-bond acceptors (Lipinski definition) is 2. The Kier molecular flexibility index (Phi) is 3.67. The van der Waals surface area contributed by atoms with Crippen molar-refractivity contribution in [1.82, 2.24) is 5.32 Å². The van der Waals surface area contributed by atoms with Gasteiger partial charge >= 0.3 is 0 Å². The van der Waals surface area contributed by atoms with Crippen LogP contribution in [0.15, 0.2) is 22.7 Å². The Morgan fingerprint density at radius 3 is 3.06 bits per heavy atom. The minimum atomic E-state index is -0.0657. The standard InChI is InChI=1S/C13H19BrN2/c1-2-16-9-13(15)7-6-11-10(8-13)4-3-5-12(11)14/h3-5,16H,2,6-9,15H2,1H3. The van der Waals surface area contributed by atoms with E-state index in [1.807, 2.05) is 0 Å². The highest BCUT2D eigenvalue weighted by molar-refractivity contribution is 9.10. The molecule has 16 heavy (non-hydrogen) atoms. The van der Waals surface area contributed by atoms with Gasteiger partial charge in [0.15, 0.2) is 0 Å². The first-order valence-corrected chi connectivity index (χ1v) is 6.70. The highest BCUT2D eigenvalue weighted by atomic mass is 79.9. The van der Waals surface area contributed by atoms with Gasteiger partial charge in [-0.15, -0.1) is 0 Å². The predicted octanol–water partition coefficient (Wildman–Crippen LogP) is 2.24. The molecule has 2 rings (SSSR count). The first-order chi connectivity index (χ1) is 7.64. The lowest BCUT2D eigenvalue weighted by Gasteiger charge is -2.35. The second-order valence-electron chi connectivity index (χ2n) is 4.70. The minimum absolute atomic E-state index is 0.0657. The van der Waals surface area contributed by atoms with Crippen LogP contribution < -0.4 is 11.1 Å². The van der Waals surface area contributed by atoms with Gasteiger partial charge in [-0.05, 0) is 43.0 Å². The maximum atomic E-state index is 6.43. The van der Waals surface area contributed by atoms with Crippen molar-refractivity contribution >= 4 is 15.9 Å². The number of halogens is 1. The summed E-state index contributed by atoms with van der Waals surface area (Å²) in [5.74, 6) is 0. The molecular weight excluding hydrogens is 264 g/mol. The Morgan fingerprint density at radius 2 is 2.31 bits per heavy atom. The van der Waals surface area contributed by atoms with Crippen LogP contribution >= 0.6 is 15.9 Å². The van der Waals surface area contributed by atoms with Crippen LogP contribution in [0.1, 0.15) is 24.5 Å². The van der Waals surface area contributed by atoms with Gasteiger partial charge in [0.1, 0.15) is 0 Å². The summed E-state index contributed by atoms with van der Waals surface area (Å²) in [6.07, 6.45) is 3.13. The lowest BCUT2D eigenvalue weighted by Crippen LogP contribution is -2.52. The van der Waals surface area contributed by atoms with Crippen LogP contribution in [0.2, 0.25) is 0 Å². The Hall–Kier alpha value is -0.380. The van der Waals surface area contributed by atoms with Gasteiger partial charge in [-0.1, -0.05) is 35.0 Å². The van der Waals surface area contributed by atoms with E-state index in [2.05, 4.69) is 46.4 Å². The summed E-state index contributed by atoms with van der Waals surface area (Å²) >= 11 is 3.62. The quantitative estimate of drug-likeness (QED) is 0.893. The lowest BCUT2D eigenvalue weighted by atomic mass is 9.78. The number of nitrogens with one attached hydrogen (secondary N) is 1. The van der Waals surface area contributed by atoms with Crippen molar-refractivity contribution in [3.05, 3.63) is 33.8 Å². The molecule has 0 spiro atoms. The lowest BCUT2D eigenvalue weighted by molar-refractivity contribution is 0.352. The summed E-state index contributed by atoms with van der Waals surface area (Å²) in [4.78, 5) is 0. The molecule has 0 aromatic heterocycles. The van der Waals surface area contributed by atoms with Crippen LogP contribution in [-0.4, -0.2) is 18.6 Å². The number of rotatable bonds is 3. The molecule has 1 atom stereocenters. The molecule has 1 aliphatic carbocycles. The van der Waals surface area contributed by atoms with E-state index in [4.69, 9.17) is 5.73 Å². The Bertz CT molecular complexity index is 378. The SMILES string of the molecule is CCNCC1(N)CCc2c(Br)cccc2C1. The minimum Gasteiger partial charge on any atom is -0.324 e. The van der Waals surface area contributed by atoms with Crippen molar-refractivity contribution in [3.8, 4) is 0 Å². The van der Waals surface area contributed by atoms with Gasteiger partial charge in [0.25, 0.3) is 0 Å². The molecule has 2 nitrogen and oxygen atoms in total. The molecule has 3 heteroatoms. The Labute approximate surface area is 106 Å². The average molecular weight is 283 g/mol. The summed E-state index contributed by atoms with van der Waals surface area (Å²) < 4.78 is 1.23. The molecule has 0 heterocycles. The molecular formula is C13H19BrN2. The van der Waals surface area contributed by atoms with Gasteiger partial charge in [-0.25, -0.2) is 0 Å². The highest BCUT2D eigenvalue weighted by Crippen LogP contribution is 2.31. The van der Waals surface area contributed by atoms with Crippen molar-refractivity contribution in [3.63, 3.8) is 0 Å². The zero-order valence-corrected chi connectivity index (χ0v) is 11.3. The van der Waals surface area contributed by atoms with Crippen molar-refractivity contribution in [2.24, 2.45) is 5.73 Å². The molecule has 1 aliphatic rings. The van der Waals surface area contributed by atoms with Crippen LogP contribution in [0.5, 0.6) is 0 Å². The smallest absolute Gasteiger partial charge is 0.0324 e. The topological polar surface area (TPSA) is 38.0 Å². The van der Waals surface area contributed by atoms with E-state index < -0.39 is 0 Å². The van der Waals surface area contributed by atoms with Crippen molar-refractivity contribution < 1.29 is 0 Å². The largest absolute Gasteiger partial charge is 0.324 e. The number of fused-ring (bicyclic) bond motifs is 1. The normalized spacial score (nSPS) is 24.2. The Morgan fingerprint density at radius 1 is 1.50 bits per heavy atom. The molecule has 0 bridgehead atoms. The van der Waals surface area contributed by atoms with Gasteiger partial charge in [0, 0.05) is 16.6 Å². The third-order valence-corrected chi connectivity index (χ3v) is 4.10. The van der Waals surface area contributed by atoms with Gasteiger partial charge in [0.2, 0.25) is 0 Å². The van der Waals surface area contributed by atoms with Crippen LogP contribution in [0.4, 0.5) is 0 Å². The maximum absolute atomic E-state index is 6.43. The molecule has 0 amide bonds. The highest BCUT2D eigenvalue weighted by Gasteiger charge is 2.30. The second kappa shape index (κ2) is 4.86. The average Bonchev–Trinajstić information content (AvgIpc) is 2.26. The first kappa shape index (κ1) is 12.1. The molecule has 0 aliphatic heterocycles. The Balaban J connectivity index is 2.17. The molecule has 1 unspecified atom stereocenters. The molecule has 3 N–H and O–H groups in total. The van der Waals surface area contributed by atoms with Gasteiger partial charge in [0.05, 0.1) is 0 Å². The first-order valence-electron chi connectivity index (χ1n) is 5.90. The number of nitrogens with two attached hydrogens (primary N) is 1. The molecule has 0 saturated heterocycles. The van der Waals surface area contributed by atoms with Gasteiger partial charge in [-0.2, -0.15) is 0 Å². The summed E-state index contributed by atoms with van der Waals surface area (Å²) in [6, 6.07) is 6.42. The molecule has 1 aromatic carbocycles. The van der Waals surface area contributed by atoms with E-state index in [-0.39, 0.29) is 5.54 Å². The maximum Gasteiger partial charge on any atom is 0.0324 e. The molecule has 0 saturated carbocycles.